The lowest BCUT2D eigenvalue weighted by atomic mass is 10.1. The van der Waals surface area contributed by atoms with Crippen molar-refractivity contribution in [3.05, 3.63) is 33.9 Å². The third-order valence-corrected chi connectivity index (χ3v) is 3.89. The van der Waals surface area contributed by atoms with Crippen molar-refractivity contribution in [2.24, 2.45) is 0 Å². The number of hydrogen-bond acceptors (Lipinski definition) is 5. The summed E-state index contributed by atoms with van der Waals surface area (Å²) in [5.74, 6) is 0. The molecule has 6 heteroatoms. The van der Waals surface area contributed by atoms with E-state index in [2.05, 4.69) is 4.90 Å². The Kier molecular flexibility index (Phi) is 4.92. The van der Waals surface area contributed by atoms with Crippen LogP contribution in [0.15, 0.2) is 18.2 Å². The molecule has 0 amide bonds. The van der Waals surface area contributed by atoms with Crippen molar-refractivity contribution < 1.29 is 10.0 Å². The second kappa shape index (κ2) is 6.67. The first kappa shape index (κ1) is 14.7. The zero-order valence-corrected chi connectivity index (χ0v) is 11.5. The lowest BCUT2D eigenvalue weighted by Crippen LogP contribution is -2.36. The van der Waals surface area contributed by atoms with E-state index in [4.69, 9.17) is 5.73 Å². The van der Waals surface area contributed by atoms with E-state index >= 15 is 0 Å². The molecule has 110 valence electrons. The minimum absolute atomic E-state index is 0.0436. The van der Waals surface area contributed by atoms with Crippen LogP contribution in [0.5, 0.6) is 0 Å². The Labute approximate surface area is 118 Å². The predicted molar refractivity (Wildman–Crippen MR) is 77.3 cm³/mol. The van der Waals surface area contributed by atoms with Crippen molar-refractivity contribution in [1.29, 1.82) is 0 Å². The van der Waals surface area contributed by atoms with E-state index in [9.17, 15) is 15.2 Å². The fourth-order valence-electron chi connectivity index (χ4n) is 2.73. The van der Waals surface area contributed by atoms with Gasteiger partial charge in [0.1, 0.15) is 5.69 Å². The average Bonchev–Trinajstić information content (AvgIpc) is 2.65. The lowest BCUT2D eigenvalue weighted by molar-refractivity contribution is -0.384. The summed E-state index contributed by atoms with van der Waals surface area (Å²) in [6, 6.07) is 5.09. The Morgan fingerprint density at radius 2 is 2.20 bits per heavy atom. The van der Waals surface area contributed by atoms with Gasteiger partial charge in [0.2, 0.25) is 0 Å². The van der Waals surface area contributed by atoms with Gasteiger partial charge in [0, 0.05) is 18.7 Å². The Morgan fingerprint density at radius 3 is 2.90 bits per heavy atom. The molecule has 1 unspecified atom stereocenters. The minimum Gasteiger partial charge on any atom is -0.395 e. The van der Waals surface area contributed by atoms with Crippen molar-refractivity contribution in [3.63, 3.8) is 0 Å². The maximum atomic E-state index is 10.9. The topological polar surface area (TPSA) is 92.6 Å². The first-order chi connectivity index (χ1) is 9.61. The second-order valence-corrected chi connectivity index (χ2v) is 5.31. The first-order valence-corrected chi connectivity index (χ1v) is 6.99. The first-order valence-electron chi connectivity index (χ1n) is 6.99. The molecule has 0 aromatic heterocycles. The summed E-state index contributed by atoms with van der Waals surface area (Å²) in [4.78, 5) is 12.7. The number of nitrogens with zero attached hydrogens (tertiary/aromatic N) is 2. The number of hydrogen-bond donors (Lipinski definition) is 2. The summed E-state index contributed by atoms with van der Waals surface area (Å²) in [6.07, 6.45) is 4.39. The lowest BCUT2D eigenvalue weighted by Gasteiger charge is -2.28. The molecule has 1 aliphatic heterocycles. The molecule has 1 aromatic carbocycles. The van der Waals surface area contributed by atoms with Crippen LogP contribution in [0.3, 0.4) is 0 Å². The number of nitrogen functional groups attached to an aromatic ring is 1. The molecule has 3 N–H and O–H groups in total. The van der Waals surface area contributed by atoms with Crippen molar-refractivity contribution >= 4 is 11.4 Å². The number of aliphatic hydroxyl groups is 1. The number of anilines is 1. The average molecular weight is 279 g/mol. The number of benzene rings is 1. The van der Waals surface area contributed by atoms with Gasteiger partial charge in [0.15, 0.2) is 0 Å². The summed E-state index contributed by atoms with van der Waals surface area (Å²) in [7, 11) is 0. The molecule has 0 saturated carbocycles. The van der Waals surface area contributed by atoms with E-state index < -0.39 is 4.92 Å². The number of nitro groups is 1. The number of aliphatic hydroxyl groups excluding tert-OH is 1. The van der Waals surface area contributed by atoms with Crippen LogP contribution < -0.4 is 5.73 Å². The standard InChI is InChI=1S/C14H21N3O3/c15-13-6-5-11(8-14(13)17(19)20)9-16-7-3-1-2-4-12(16)10-18/h5-6,8,12,18H,1-4,7,9-10,15H2. The number of nitrogens with two attached hydrogens (primary N) is 1. The quantitative estimate of drug-likeness (QED) is 0.499. The van der Waals surface area contributed by atoms with Crippen LogP contribution in [0.1, 0.15) is 31.2 Å². The van der Waals surface area contributed by atoms with E-state index in [-0.39, 0.29) is 24.0 Å². The van der Waals surface area contributed by atoms with Gasteiger partial charge < -0.3 is 10.8 Å². The van der Waals surface area contributed by atoms with Crippen LogP contribution in [0, 0.1) is 10.1 Å². The Balaban J connectivity index is 2.15. The third-order valence-electron chi connectivity index (χ3n) is 3.89. The highest BCUT2D eigenvalue weighted by molar-refractivity contribution is 5.59. The van der Waals surface area contributed by atoms with Gasteiger partial charge in [-0.05, 0) is 31.0 Å². The largest absolute Gasteiger partial charge is 0.395 e. The highest BCUT2D eigenvalue weighted by Crippen LogP contribution is 2.25. The van der Waals surface area contributed by atoms with E-state index in [1.165, 1.54) is 12.5 Å². The monoisotopic (exact) mass is 279 g/mol. The minimum atomic E-state index is -0.454. The number of likely N-dealkylation sites (tertiary alicyclic amines) is 1. The van der Waals surface area contributed by atoms with Gasteiger partial charge in [0.25, 0.3) is 5.69 Å². The molecule has 1 fully saturated rings. The molecule has 0 spiro atoms. The molecule has 20 heavy (non-hydrogen) atoms. The molecule has 6 nitrogen and oxygen atoms in total. The predicted octanol–water partition coefficient (Wildman–Crippen LogP) is 1.91. The van der Waals surface area contributed by atoms with Crippen molar-refractivity contribution in [2.75, 3.05) is 18.9 Å². The van der Waals surface area contributed by atoms with Gasteiger partial charge >= 0.3 is 0 Å². The van der Waals surface area contributed by atoms with Gasteiger partial charge in [-0.2, -0.15) is 0 Å². The molecule has 0 radical (unpaired) electrons. The number of nitro benzene ring substituents is 1. The molecular formula is C14H21N3O3. The Bertz CT molecular complexity index is 479. The van der Waals surface area contributed by atoms with Gasteiger partial charge in [-0.1, -0.05) is 18.9 Å². The molecule has 2 rings (SSSR count). The summed E-state index contributed by atoms with van der Waals surface area (Å²) in [5.41, 5.74) is 6.62. The molecule has 1 atom stereocenters. The van der Waals surface area contributed by atoms with Crippen LogP contribution in [-0.2, 0) is 6.54 Å². The molecule has 1 aromatic rings. The van der Waals surface area contributed by atoms with Crippen molar-refractivity contribution in [2.45, 2.75) is 38.3 Å². The maximum Gasteiger partial charge on any atom is 0.292 e. The van der Waals surface area contributed by atoms with Crippen LogP contribution in [0.25, 0.3) is 0 Å². The fraction of sp³-hybridized carbons (Fsp3) is 0.571. The van der Waals surface area contributed by atoms with E-state index in [0.717, 1.165) is 31.4 Å². The van der Waals surface area contributed by atoms with E-state index in [1.807, 2.05) is 6.07 Å². The van der Waals surface area contributed by atoms with E-state index in [1.54, 1.807) is 6.07 Å². The summed E-state index contributed by atoms with van der Waals surface area (Å²) in [5, 5.41) is 20.4. The van der Waals surface area contributed by atoms with Crippen LogP contribution >= 0.6 is 0 Å². The molecule has 0 aliphatic carbocycles. The van der Waals surface area contributed by atoms with Crippen LogP contribution in [-0.4, -0.2) is 34.1 Å². The number of rotatable bonds is 4. The summed E-state index contributed by atoms with van der Waals surface area (Å²) >= 11 is 0. The van der Waals surface area contributed by atoms with Gasteiger partial charge in [-0.3, -0.25) is 15.0 Å². The Morgan fingerprint density at radius 1 is 1.40 bits per heavy atom. The van der Waals surface area contributed by atoms with Crippen molar-refractivity contribution in [3.8, 4) is 0 Å². The highest BCUT2D eigenvalue weighted by atomic mass is 16.6. The normalized spacial score (nSPS) is 20.6. The molecular weight excluding hydrogens is 258 g/mol. The van der Waals surface area contributed by atoms with Crippen LogP contribution in [0.4, 0.5) is 11.4 Å². The van der Waals surface area contributed by atoms with Crippen LogP contribution in [0.2, 0.25) is 0 Å². The Hall–Kier alpha value is -1.66. The molecule has 1 heterocycles. The SMILES string of the molecule is Nc1ccc(CN2CCCCCC2CO)cc1[N+](=O)[O-]. The zero-order chi connectivity index (χ0) is 14.5. The van der Waals surface area contributed by atoms with Gasteiger partial charge in [-0.25, -0.2) is 0 Å². The second-order valence-electron chi connectivity index (χ2n) is 5.31. The molecule has 1 aliphatic rings. The maximum absolute atomic E-state index is 10.9. The summed E-state index contributed by atoms with van der Waals surface area (Å²) in [6.45, 7) is 1.67. The van der Waals surface area contributed by atoms with Crippen molar-refractivity contribution in [1.82, 2.24) is 4.90 Å². The third kappa shape index (κ3) is 3.46. The van der Waals surface area contributed by atoms with E-state index in [0.29, 0.717) is 6.54 Å². The van der Waals surface area contributed by atoms with Gasteiger partial charge in [0.05, 0.1) is 11.5 Å². The molecule has 0 bridgehead atoms. The summed E-state index contributed by atoms with van der Waals surface area (Å²) < 4.78 is 0. The van der Waals surface area contributed by atoms with Gasteiger partial charge in [-0.15, -0.1) is 0 Å². The zero-order valence-electron chi connectivity index (χ0n) is 11.5. The highest BCUT2D eigenvalue weighted by Gasteiger charge is 2.21. The fourth-order valence-corrected chi connectivity index (χ4v) is 2.73. The molecule has 1 saturated heterocycles. The smallest absolute Gasteiger partial charge is 0.292 e.